The van der Waals surface area contributed by atoms with Crippen LogP contribution in [0.5, 0.6) is 5.75 Å². The fraction of sp³-hybridized carbons (Fsp3) is 0.167. The lowest BCUT2D eigenvalue weighted by Crippen LogP contribution is -2.15. The number of ether oxygens (including phenoxy) is 1. The highest BCUT2D eigenvalue weighted by atomic mass is 35.5. The van der Waals surface area contributed by atoms with E-state index >= 15 is 0 Å². The van der Waals surface area contributed by atoms with E-state index in [9.17, 15) is 5.11 Å². The molecule has 4 nitrogen and oxygen atoms in total. The van der Waals surface area contributed by atoms with E-state index in [1.165, 1.54) is 6.20 Å². The zero-order chi connectivity index (χ0) is 12.9. The second kappa shape index (κ2) is 4.05. The molecule has 0 bridgehead atoms. The van der Waals surface area contributed by atoms with Crippen molar-refractivity contribution in [3.63, 3.8) is 0 Å². The molecule has 2 N–H and O–H groups in total. The number of H-pyrrole nitrogens is 1. The molecule has 92 valence electrons. The van der Waals surface area contributed by atoms with Gasteiger partial charge in [0.25, 0.3) is 0 Å². The topological polar surface area (TPSA) is 58.1 Å². The van der Waals surface area contributed by atoms with Crippen molar-refractivity contribution >= 4 is 23.8 Å². The fourth-order valence-electron chi connectivity index (χ4n) is 1.95. The molecule has 1 atom stereocenters. The van der Waals surface area contributed by atoms with Crippen LogP contribution in [0.2, 0.25) is 5.02 Å². The number of hydrogen-bond donors (Lipinski definition) is 2. The molecule has 0 amide bonds. The molecular weight excluding hydrogens is 272 g/mol. The van der Waals surface area contributed by atoms with E-state index in [2.05, 4.69) is 9.97 Å². The SMILES string of the molecule is Cc1cc2c(cc1Cl)-c1[nH]c(=S)ncc1C(O)O2. The summed E-state index contributed by atoms with van der Waals surface area (Å²) in [6.45, 7) is 1.88. The smallest absolute Gasteiger partial charge is 0.227 e. The molecule has 0 aliphatic carbocycles. The highest BCUT2D eigenvalue weighted by Crippen LogP contribution is 2.42. The molecule has 1 aliphatic heterocycles. The number of benzene rings is 1. The van der Waals surface area contributed by atoms with E-state index in [1.54, 1.807) is 12.1 Å². The van der Waals surface area contributed by atoms with Crippen LogP contribution in [0.3, 0.4) is 0 Å². The first-order valence-corrected chi connectivity index (χ1v) is 6.09. The zero-order valence-electron chi connectivity index (χ0n) is 9.40. The van der Waals surface area contributed by atoms with Crippen LogP contribution in [0, 0.1) is 11.7 Å². The third-order valence-corrected chi connectivity index (χ3v) is 3.49. The minimum absolute atomic E-state index is 0.352. The lowest BCUT2D eigenvalue weighted by atomic mass is 10.0. The Kier molecular flexibility index (Phi) is 2.62. The highest BCUT2D eigenvalue weighted by molar-refractivity contribution is 7.71. The zero-order valence-corrected chi connectivity index (χ0v) is 11.0. The number of aliphatic hydroxyl groups excluding tert-OH is 1. The van der Waals surface area contributed by atoms with Crippen LogP contribution in [0.1, 0.15) is 17.4 Å². The van der Waals surface area contributed by atoms with E-state index in [-0.39, 0.29) is 0 Å². The summed E-state index contributed by atoms with van der Waals surface area (Å²) in [6, 6.07) is 3.59. The van der Waals surface area contributed by atoms with E-state index in [0.717, 1.165) is 11.1 Å². The van der Waals surface area contributed by atoms with E-state index in [0.29, 0.717) is 26.8 Å². The van der Waals surface area contributed by atoms with Crippen LogP contribution in [0.4, 0.5) is 0 Å². The Balaban J connectivity index is 2.34. The molecule has 1 aromatic carbocycles. The minimum Gasteiger partial charge on any atom is -0.460 e. The first-order valence-electron chi connectivity index (χ1n) is 5.30. The molecule has 0 radical (unpaired) electrons. The Hall–Kier alpha value is -1.43. The molecule has 18 heavy (non-hydrogen) atoms. The van der Waals surface area contributed by atoms with Gasteiger partial charge in [-0.1, -0.05) is 11.6 Å². The number of aromatic nitrogens is 2. The molecule has 0 saturated carbocycles. The van der Waals surface area contributed by atoms with Crippen LogP contribution in [0.15, 0.2) is 18.3 Å². The Morgan fingerprint density at radius 1 is 1.50 bits per heavy atom. The minimum atomic E-state index is -1.05. The van der Waals surface area contributed by atoms with Crippen molar-refractivity contribution in [1.82, 2.24) is 9.97 Å². The average molecular weight is 281 g/mol. The molecule has 0 spiro atoms. The summed E-state index contributed by atoms with van der Waals surface area (Å²) in [5.74, 6) is 0.578. The van der Waals surface area contributed by atoms with Gasteiger partial charge in [-0.25, -0.2) is 4.98 Å². The number of nitrogens with zero attached hydrogens (tertiary/aromatic N) is 1. The van der Waals surface area contributed by atoms with Gasteiger partial charge in [0.15, 0.2) is 4.77 Å². The Morgan fingerprint density at radius 2 is 2.28 bits per heavy atom. The number of rotatable bonds is 0. The average Bonchev–Trinajstić information content (AvgIpc) is 2.32. The monoisotopic (exact) mass is 280 g/mol. The Bertz CT molecular complexity index is 699. The number of nitrogens with one attached hydrogen (secondary N) is 1. The van der Waals surface area contributed by atoms with E-state index in [1.807, 2.05) is 6.92 Å². The maximum Gasteiger partial charge on any atom is 0.227 e. The van der Waals surface area contributed by atoms with Crippen LogP contribution in [-0.2, 0) is 0 Å². The van der Waals surface area contributed by atoms with Crippen molar-refractivity contribution in [2.75, 3.05) is 0 Å². The molecule has 1 aliphatic rings. The van der Waals surface area contributed by atoms with Gasteiger partial charge in [-0.2, -0.15) is 0 Å². The van der Waals surface area contributed by atoms with Gasteiger partial charge in [0.2, 0.25) is 6.29 Å². The maximum absolute atomic E-state index is 9.91. The number of aryl methyl sites for hydroxylation is 1. The third kappa shape index (κ3) is 1.71. The Labute approximate surface area is 113 Å². The van der Waals surface area contributed by atoms with Gasteiger partial charge in [-0.05, 0) is 36.8 Å². The molecule has 2 heterocycles. The molecule has 3 rings (SSSR count). The molecule has 1 unspecified atom stereocenters. The van der Waals surface area contributed by atoms with Gasteiger partial charge < -0.3 is 14.8 Å². The fourth-order valence-corrected chi connectivity index (χ4v) is 2.26. The molecule has 0 saturated heterocycles. The van der Waals surface area contributed by atoms with Gasteiger partial charge >= 0.3 is 0 Å². The van der Waals surface area contributed by atoms with Gasteiger partial charge in [0.05, 0.1) is 11.3 Å². The predicted molar refractivity (Wildman–Crippen MR) is 70.2 cm³/mol. The van der Waals surface area contributed by atoms with E-state index in [4.69, 9.17) is 28.6 Å². The second-order valence-electron chi connectivity index (χ2n) is 4.09. The summed E-state index contributed by atoms with van der Waals surface area (Å²) >= 11 is 11.1. The van der Waals surface area contributed by atoms with Gasteiger partial charge in [-0.3, -0.25) is 0 Å². The largest absolute Gasteiger partial charge is 0.460 e. The predicted octanol–water partition coefficient (Wildman–Crippen LogP) is 3.15. The van der Waals surface area contributed by atoms with Crippen LogP contribution >= 0.6 is 23.8 Å². The quantitative estimate of drug-likeness (QED) is 0.728. The lowest BCUT2D eigenvalue weighted by Gasteiger charge is -2.25. The number of aromatic amines is 1. The molecule has 1 aromatic heterocycles. The normalized spacial score (nSPS) is 16.7. The summed E-state index contributed by atoms with van der Waals surface area (Å²) in [5.41, 5.74) is 2.92. The number of fused-ring (bicyclic) bond motifs is 3. The maximum atomic E-state index is 9.91. The molecule has 6 heteroatoms. The standard InChI is InChI=1S/C12H9ClN2O2S/c1-5-2-9-6(3-8(5)13)10-7(11(16)17-9)4-14-12(18)15-10/h2-4,11,16H,1H3,(H,14,15,18). The highest BCUT2D eigenvalue weighted by Gasteiger charge is 2.26. The molecular formula is C12H9ClN2O2S. The van der Waals surface area contributed by atoms with Crippen molar-refractivity contribution in [1.29, 1.82) is 0 Å². The molecule has 0 fully saturated rings. The lowest BCUT2D eigenvalue weighted by molar-refractivity contribution is -0.0219. The summed E-state index contributed by atoms with van der Waals surface area (Å²) in [7, 11) is 0. The van der Waals surface area contributed by atoms with Gasteiger partial charge in [-0.15, -0.1) is 0 Å². The van der Waals surface area contributed by atoms with Gasteiger partial charge in [0.1, 0.15) is 5.75 Å². The summed E-state index contributed by atoms with van der Waals surface area (Å²) < 4.78 is 5.79. The van der Waals surface area contributed by atoms with Crippen molar-refractivity contribution in [3.05, 3.63) is 39.3 Å². The van der Waals surface area contributed by atoms with Crippen molar-refractivity contribution in [3.8, 4) is 17.0 Å². The second-order valence-corrected chi connectivity index (χ2v) is 4.88. The Morgan fingerprint density at radius 3 is 3.06 bits per heavy atom. The number of halogens is 1. The van der Waals surface area contributed by atoms with Crippen molar-refractivity contribution in [2.24, 2.45) is 0 Å². The first-order chi connectivity index (χ1) is 8.56. The van der Waals surface area contributed by atoms with Crippen molar-refractivity contribution < 1.29 is 9.84 Å². The van der Waals surface area contributed by atoms with Crippen LogP contribution in [0.25, 0.3) is 11.3 Å². The summed E-state index contributed by atoms with van der Waals surface area (Å²) in [4.78, 5) is 6.91. The third-order valence-electron chi connectivity index (χ3n) is 2.88. The number of hydrogen-bond acceptors (Lipinski definition) is 4. The first kappa shape index (κ1) is 11.6. The van der Waals surface area contributed by atoms with Crippen LogP contribution in [-0.4, -0.2) is 15.1 Å². The van der Waals surface area contributed by atoms with Crippen LogP contribution < -0.4 is 4.74 Å². The van der Waals surface area contributed by atoms with E-state index < -0.39 is 6.29 Å². The van der Waals surface area contributed by atoms with Crippen molar-refractivity contribution in [2.45, 2.75) is 13.2 Å². The summed E-state index contributed by atoms with van der Waals surface area (Å²) in [6.07, 6.45) is 0.461. The molecule has 2 aromatic rings. The summed E-state index contributed by atoms with van der Waals surface area (Å²) in [5, 5.41) is 10.5. The number of aliphatic hydroxyl groups is 1. The van der Waals surface area contributed by atoms with Gasteiger partial charge in [0, 0.05) is 16.8 Å².